The molecule has 0 aromatic heterocycles. The fourth-order valence-corrected chi connectivity index (χ4v) is 3.04. The lowest BCUT2D eigenvalue weighted by atomic mass is 9.98. The molecule has 3 aromatic carbocycles. The Kier molecular flexibility index (Phi) is 2.36. The highest BCUT2D eigenvalue weighted by Gasteiger charge is 2.07. The van der Waals surface area contributed by atoms with Crippen LogP contribution in [-0.2, 0) is 0 Å². The summed E-state index contributed by atoms with van der Waals surface area (Å²) in [6.07, 6.45) is 0. The van der Waals surface area contributed by atoms with Crippen molar-refractivity contribution in [3.8, 4) is 0 Å². The zero-order valence-corrected chi connectivity index (χ0v) is 11.2. The molecule has 0 saturated carbocycles. The zero-order valence-electron chi connectivity index (χ0n) is 9.00. The highest BCUT2D eigenvalue weighted by molar-refractivity contribution is 14.1. The first kappa shape index (κ1) is 10.1. The lowest BCUT2D eigenvalue weighted by molar-refractivity contribution is 1.51. The van der Waals surface area contributed by atoms with Crippen molar-refractivity contribution < 1.29 is 0 Å². The third kappa shape index (κ3) is 1.34. The molecule has 3 aromatic rings. The average Bonchev–Trinajstić information content (AvgIpc) is 2.36. The molecule has 0 fully saturated rings. The van der Waals surface area contributed by atoms with Crippen LogP contribution in [0, 0.1) is 10.5 Å². The van der Waals surface area contributed by atoms with E-state index >= 15 is 0 Å². The van der Waals surface area contributed by atoms with Gasteiger partial charge in [0, 0.05) is 3.57 Å². The molecular weight excluding hydrogens is 307 g/mol. The van der Waals surface area contributed by atoms with Crippen molar-refractivity contribution in [1.82, 2.24) is 0 Å². The minimum absolute atomic E-state index is 1.35. The summed E-state index contributed by atoms with van der Waals surface area (Å²) < 4.78 is 1.37. The number of fused-ring (bicyclic) bond motifs is 3. The third-order valence-electron chi connectivity index (χ3n) is 3.11. The number of rotatable bonds is 0. The fourth-order valence-electron chi connectivity index (χ4n) is 2.27. The molecule has 16 heavy (non-hydrogen) atoms. The van der Waals surface area contributed by atoms with E-state index in [0.29, 0.717) is 0 Å². The maximum atomic E-state index is 2.45. The molecule has 0 spiro atoms. The Morgan fingerprint density at radius 2 is 1.12 bits per heavy atom. The molecule has 3 rings (SSSR count). The van der Waals surface area contributed by atoms with E-state index in [4.69, 9.17) is 0 Å². The predicted molar refractivity (Wildman–Crippen MR) is 78.9 cm³/mol. The molecule has 0 aliphatic heterocycles. The fraction of sp³-hybridized carbons (Fsp3) is 0.0667. The van der Waals surface area contributed by atoms with Crippen LogP contribution in [0.4, 0.5) is 0 Å². The van der Waals surface area contributed by atoms with Crippen molar-refractivity contribution in [2.45, 2.75) is 6.92 Å². The van der Waals surface area contributed by atoms with Crippen LogP contribution in [0.1, 0.15) is 5.56 Å². The largest absolute Gasteiger partial charge is 0.0616 e. The minimum Gasteiger partial charge on any atom is -0.0616 e. The van der Waals surface area contributed by atoms with Gasteiger partial charge >= 0.3 is 0 Å². The van der Waals surface area contributed by atoms with E-state index in [2.05, 4.69) is 78.0 Å². The van der Waals surface area contributed by atoms with Crippen LogP contribution in [0.5, 0.6) is 0 Å². The summed E-state index contributed by atoms with van der Waals surface area (Å²) in [4.78, 5) is 0. The molecule has 0 saturated heterocycles. The topological polar surface area (TPSA) is 0 Å². The quantitative estimate of drug-likeness (QED) is 0.408. The lowest BCUT2D eigenvalue weighted by Gasteiger charge is -2.10. The summed E-state index contributed by atoms with van der Waals surface area (Å²) in [6, 6.07) is 17.3. The standard InChI is InChI=1S/C15H11I/c1-10-11-6-2-3-7-12(11)13-8-4-5-9-14(13)15(10)16/h2-9H,1H3. The molecule has 0 atom stereocenters. The Balaban J connectivity index is 2.69. The minimum atomic E-state index is 1.35. The molecule has 0 nitrogen and oxygen atoms in total. The summed E-state index contributed by atoms with van der Waals surface area (Å²) in [5.41, 5.74) is 1.38. The van der Waals surface area contributed by atoms with E-state index in [1.165, 1.54) is 30.7 Å². The highest BCUT2D eigenvalue weighted by Crippen LogP contribution is 2.32. The van der Waals surface area contributed by atoms with Crippen LogP contribution in [0.3, 0.4) is 0 Å². The van der Waals surface area contributed by atoms with Crippen molar-refractivity contribution in [2.75, 3.05) is 0 Å². The number of aryl methyl sites for hydroxylation is 1. The van der Waals surface area contributed by atoms with E-state index in [9.17, 15) is 0 Å². The molecule has 0 amide bonds. The average molecular weight is 318 g/mol. The van der Waals surface area contributed by atoms with E-state index < -0.39 is 0 Å². The third-order valence-corrected chi connectivity index (χ3v) is 4.50. The van der Waals surface area contributed by atoms with Crippen LogP contribution >= 0.6 is 22.6 Å². The van der Waals surface area contributed by atoms with Crippen molar-refractivity contribution in [3.63, 3.8) is 0 Å². The summed E-state index contributed by atoms with van der Waals surface area (Å²) in [6.45, 7) is 2.20. The maximum absolute atomic E-state index is 2.45. The van der Waals surface area contributed by atoms with Gasteiger partial charge in [-0.2, -0.15) is 0 Å². The van der Waals surface area contributed by atoms with E-state index in [-0.39, 0.29) is 0 Å². The highest BCUT2D eigenvalue weighted by atomic mass is 127. The Morgan fingerprint density at radius 1 is 0.688 bits per heavy atom. The first-order valence-corrected chi connectivity index (χ1v) is 6.42. The van der Waals surface area contributed by atoms with Gasteiger partial charge in [0.15, 0.2) is 0 Å². The molecule has 0 radical (unpaired) electrons. The van der Waals surface area contributed by atoms with Gasteiger partial charge in [-0.15, -0.1) is 0 Å². The summed E-state index contributed by atoms with van der Waals surface area (Å²) in [5, 5.41) is 5.44. The van der Waals surface area contributed by atoms with Gasteiger partial charge in [0.1, 0.15) is 0 Å². The number of benzene rings is 3. The SMILES string of the molecule is Cc1c(I)c2ccccc2c2ccccc12. The molecule has 78 valence electrons. The molecular formula is C15H11I. The maximum Gasteiger partial charge on any atom is 0.0244 e. The van der Waals surface area contributed by atoms with E-state index in [1.54, 1.807) is 0 Å². The van der Waals surface area contributed by atoms with Gasteiger partial charge in [0.2, 0.25) is 0 Å². The van der Waals surface area contributed by atoms with Gasteiger partial charge < -0.3 is 0 Å². The second-order valence-corrected chi connectivity index (χ2v) is 5.11. The Labute approximate surface area is 108 Å². The molecule has 0 aliphatic rings. The zero-order chi connectivity index (χ0) is 11.1. The van der Waals surface area contributed by atoms with Gasteiger partial charge in [0.25, 0.3) is 0 Å². The van der Waals surface area contributed by atoms with Gasteiger partial charge in [-0.3, -0.25) is 0 Å². The Morgan fingerprint density at radius 3 is 1.75 bits per heavy atom. The van der Waals surface area contributed by atoms with Crippen LogP contribution in [-0.4, -0.2) is 0 Å². The Bertz CT molecular complexity index is 623. The normalized spacial score (nSPS) is 11.1. The van der Waals surface area contributed by atoms with Gasteiger partial charge in [0.05, 0.1) is 0 Å². The second-order valence-electron chi connectivity index (χ2n) is 4.03. The van der Waals surface area contributed by atoms with Crippen LogP contribution < -0.4 is 0 Å². The molecule has 0 aliphatic carbocycles. The summed E-state index contributed by atoms with van der Waals surface area (Å²) in [7, 11) is 0. The van der Waals surface area contributed by atoms with Crippen molar-refractivity contribution in [3.05, 3.63) is 57.7 Å². The van der Waals surface area contributed by atoms with Crippen molar-refractivity contribution in [2.24, 2.45) is 0 Å². The first-order valence-electron chi connectivity index (χ1n) is 5.34. The van der Waals surface area contributed by atoms with Crippen LogP contribution in [0.15, 0.2) is 48.5 Å². The molecule has 0 unspecified atom stereocenters. The first-order chi connectivity index (χ1) is 7.79. The van der Waals surface area contributed by atoms with Crippen LogP contribution in [0.2, 0.25) is 0 Å². The monoisotopic (exact) mass is 318 g/mol. The summed E-state index contributed by atoms with van der Waals surface area (Å²) in [5.74, 6) is 0. The molecule has 0 bridgehead atoms. The van der Waals surface area contributed by atoms with Gasteiger partial charge in [-0.25, -0.2) is 0 Å². The van der Waals surface area contributed by atoms with E-state index in [1.807, 2.05) is 0 Å². The van der Waals surface area contributed by atoms with Crippen molar-refractivity contribution in [1.29, 1.82) is 0 Å². The van der Waals surface area contributed by atoms with Crippen molar-refractivity contribution >= 4 is 44.1 Å². The molecule has 0 heterocycles. The smallest absolute Gasteiger partial charge is 0.0244 e. The molecule has 0 N–H and O–H groups in total. The van der Waals surface area contributed by atoms with Gasteiger partial charge in [-0.05, 0) is 56.6 Å². The van der Waals surface area contributed by atoms with Gasteiger partial charge in [-0.1, -0.05) is 48.5 Å². The summed E-state index contributed by atoms with van der Waals surface area (Å²) >= 11 is 2.45. The number of hydrogen-bond acceptors (Lipinski definition) is 0. The number of hydrogen-bond donors (Lipinski definition) is 0. The predicted octanol–water partition coefficient (Wildman–Crippen LogP) is 4.91. The second kappa shape index (κ2) is 3.74. The molecule has 1 heteroatoms. The Hall–Kier alpha value is -1.09. The van der Waals surface area contributed by atoms with Crippen LogP contribution in [0.25, 0.3) is 21.5 Å². The lowest BCUT2D eigenvalue weighted by Crippen LogP contribution is -1.87. The van der Waals surface area contributed by atoms with E-state index in [0.717, 1.165) is 0 Å². The number of halogens is 1.